The second kappa shape index (κ2) is 6.59. The zero-order valence-corrected chi connectivity index (χ0v) is 14.5. The number of hydrogen-bond acceptors (Lipinski definition) is 4. The summed E-state index contributed by atoms with van der Waals surface area (Å²) in [5, 5.41) is 8.42. The molecular formula is C18H18ClFN4O. The van der Waals surface area contributed by atoms with E-state index in [1.54, 1.807) is 17.0 Å². The lowest BCUT2D eigenvalue weighted by molar-refractivity contribution is 0.0739. The van der Waals surface area contributed by atoms with Gasteiger partial charge in [-0.1, -0.05) is 11.6 Å². The van der Waals surface area contributed by atoms with E-state index in [1.165, 1.54) is 6.07 Å². The van der Waals surface area contributed by atoms with Crippen LogP contribution in [0.1, 0.15) is 28.2 Å². The monoisotopic (exact) mass is 360 g/mol. The molecule has 1 fully saturated rings. The van der Waals surface area contributed by atoms with Crippen LogP contribution >= 0.6 is 11.6 Å². The van der Waals surface area contributed by atoms with Crippen LogP contribution in [0.25, 0.3) is 0 Å². The molecule has 0 atom stereocenters. The van der Waals surface area contributed by atoms with E-state index in [-0.39, 0.29) is 10.9 Å². The second-order valence-corrected chi connectivity index (χ2v) is 6.84. The maximum Gasteiger partial charge on any atom is 0.274 e. The van der Waals surface area contributed by atoms with Crippen molar-refractivity contribution in [2.45, 2.75) is 19.3 Å². The summed E-state index contributed by atoms with van der Waals surface area (Å²) in [7, 11) is 0. The molecule has 1 amide bonds. The van der Waals surface area contributed by atoms with Gasteiger partial charge in [0.2, 0.25) is 0 Å². The maximum absolute atomic E-state index is 13.3. The van der Waals surface area contributed by atoms with Crippen LogP contribution in [-0.2, 0) is 12.8 Å². The zero-order chi connectivity index (χ0) is 17.4. The van der Waals surface area contributed by atoms with Gasteiger partial charge >= 0.3 is 0 Å². The Morgan fingerprint density at radius 3 is 2.64 bits per heavy atom. The van der Waals surface area contributed by atoms with Crippen molar-refractivity contribution in [3.05, 3.63) is 52.1 Å². The molecule has 2 aliphatic rings. The minimum atomic E-state index is -0.422. The lowest BCUT2D eigenvalue weighted by Gasteiger charge is -2.36. The van der Waals surface area contributed by atoms with Crippen LogP contribution in [-0.4, -0.2) is 47.2 Å². The van der Waals surface area contributed by atoms with Crippen molar-refractivity contribution >= 4 is 23.2 Å². The highest BCUT2D eigenvalue weighted by atomic mass is 35.5. The number of fused-ring (bicyclic) bond motifs is 1. The number of carbonyl (C=O) groups excluding carboxylic acids is 1. The van der Waals surface area contributed by atoms with Gasteiger partial charge in [0.1, 0.15) is 5.82 Å². The summed E-state index contributed by atoms with van der Waals surface area (Å²) in [6, 6.07) is 6.60. The molecule has 25 heavy (non-hydrogen) atoms. The molecule has 1 aromatic heterocycles. The van der Waals surface area contributed by atoms with Crippen molar-refractivity contribution < 1.29 is 9.18 Å². The minimum Gasteiger partial charge on any atom is -0.368 e. The molecule has 0 N–H and O–H groups in total. The number of benzene rings is 1. The maximum atomic E-state index is 13.3. The molecule has 4 rings (SSSR count). The van der Waals surface area contributed by atoms with Gasteiger partial charge in [-0.25, -0.2) is 4.39 Å². The van der Waals surface area contributed by atoms with Crippen molar-refractivity contribution in [2.75, 3.05) is 31.1 Å². The van der Waals surface area contributed by atoms with E-state index in [2.05, 4.69) is 15.1 Å². The first kappa shape index (κ1) is 16.3. The molecule has 1 aromatic carbocycles. The largest absolute Gasteiger partial charge is 0.368 e. The van der Waals surface area contributed by atoms with E-state index in [0.717, 1.165) is 36.2 Å². The lowest BCUT2D eigenvalue weighted by atomic mass is 10.2. The number of halogens is 2. The molecule has 2 heterocycles. The van der Waals surface area contributed by atoms with Crippen LogP contribution in [0.5, 0.6) is 0 Å². The summed E-state index contributed by atoms with van der Waals surface area (Å²) >= 11 is 5.86. The molecule has 0 radical (unpaired) electrons. The highest BCUT2D eigenvalue weighted by Gasteiger charge is 2.25. The van der Waals surface area contributed by atoms with Crippen molar-refractivity contribution in [1.29, 1.82) is 0 Å². The van der Waals surface area contributed by atoms with Crippen molar-refractivity contribution in [2.24, 2.45) is 0 Å². The average Bonchev–Trinajstić information content (AvgIpc) is 3.11. The second-order valence-electron chi connectivity index (χ2n) is 6.43. The third-order valence-electron chi connectivity index (χ3n) is 4.87. The number of aryl methyl sites for hydroxylation is 2. The Morgan fingerprint density at radius 1 is 1.08 bits per heavy atom. The number of rotatable bonds is 2. The lowest BCUT2D eigenvalue weighted by Crippen LogP contribution is -2.49. The van der Waals surface area contributed by atoms with E-state index >= 15 is 0 Å². The summed E-state index contributed by atoms with van der Waals surface area (Å²) in [5.74, 6) is -0.492. The number of amides is 1. The van der Waals surface area contributed by atoms with Gasteiger partial charge in [-0.2, -0.15) is 5.10 Å². The van der Waals surface area contributed by atoms with Crippen LogP contribution in [0.2, 0.25) is 5.02 Å². The number of aromatic nitrogens is 2. The molecule has 1 saturated heterocycles. The van der Waals surface area contributed by atoms with Gasteiger partial charge in [0.25, 0.3) is 5.91 Å². The number of hydrogen-bond donors (Lipinski definition) is 0. The van der Waals surface area contributed by atoms with Gasteiger partial charge in [-0.15, -0.1) is 5.10 Å². The topological polar surface area (TPSA) is 49.3 Å². The predicted molar refractivity (Wildman–Crippen MR) is 93.6 cm³/mol. The normalized spacial score (nSPS) is 16.9. The SMILES string of the molecule is O=C(c1cc2c(nn1)CCC2)N1CCN(c2ccc(F)c(Cl)c2)CC1. The first-order chi connectivity index (χ1) is 12.1. The van der Waals surface area contributed by atoms with Crippen LogP contribution in [0.4, 0.5) is 10.1 Å². The summed E-state index contributed by atoms with van der Waals surface area (Å²) in [6.07, 6.45) is 3.01. The summed E-state index contributed by atoms with van der Waals surface area (Å²) < 4.78 is 13.3. The summed E-state index contributed by atoms with van der Waals surface area (Å²) in [4.78, 5) is 16.6. The molecule has 130 valence electrons. The fourth-order valence-corrected chi connectivity index (χ4v) is 3.62. The van der Waals surface area contributed by atoms with Gasteiger partial charge in [-0.3, -0.25) is 4.79 Å². The van der Waals surface area contributed by atoms with Crippen LogP contribution < -0.4 is 4.90 Å². The molecule has 1 aliphatic heterocycles. The molecule has 0 bridgehead atoms. The van der Waals surface area contributed by atoms with E-state index < -0.39 is 5.82 Å². The fourth-order valence-electron chi connectivity index (χ4n) is 3.44. The smallest absolute Gasteiger partial charge is 0.274 e. The average molecular weight is 361 g/mol. The summed E-state index contributed by atoms with van der Waals surface area (Å²) in [6.45, 7) is 2.53. The van der Waals surface area contributed by atoms with E-state index in [9.17, 15) is 9.18 Å². The number of nitrogens with zero attached hydrogens (tertiary/aromatic N) is 4. The van der Waals surface area contributed by atoms with Gasteiger partial charge in [-0.05, 0) is 49.1 Å². The summed E-state index contributed by atoms with van der Waals surface area (Å²) in [5.41, 5.74) is 3.47. The molecule has 0 spiro atoms. The molecule has 2 aromatic rings. The predicted octanol–water partition coefficient (Wildman–Crippen LogP) is 2.72. The van der Waals surface area contributed by atoms with E-state index in [1.807, 2.05) is 6.07 Å². The molecule has 1 aliphatic carbocycles. The van der Waals surface area contributed by atoms with Crippen molar-refractivity contribution in [3.8, 4) is 0 Å². The van der Waals surface area contributed by atoms with Gasteiger partial charge in [0.15, 0.2) is 5.69 Å². The standard InChI is InChI=1S/C18H18ClFN4O/c19-14-11-13(4-5-15(14)20)23-6-8-24(9-7-23)18(25)17-10-12-2-1-3-16(12)21-22-17/h4-5,10-11H,1-3,6-9H2. The molecule has 5 nitrogen and oxygen atoms in total. The number of piperazine rings is 1. The van der Waals surface area contributed by atoms with Crippen LogP contribution in [0.15, 0.2) is 24.3 Å². The Hall–Kier alpha value is -2.21. The third-order valence-corrected chi connectivity index (χ3v) is 5.16. The van der Waals surface area contributed by atoms with E-state index in [0.29, 0.717) is 31.9 Å². The first-order valence-electron chi connectivity index (χ1n) is 8.46. The zero-order valence-electron chi connectivity index (χ0n) is 13.7. The Labute approximate surface area is 150 Å². The third kappa shape index (κ3) is 3.18. The fraction of sp³-hybridized carbons (Fsp3) is 0.389. The minimum absolute atomic E-state index is 0.0704. The van der Waals surface area contributed by atoms with E-state index in [4.69, 9.17) is 11.6 Å². The first-order valence-corrected chi connectivity index (χ1v) is 8.84. The molecular weight excluding hydrogens is 343 g/mol. The van der Waals surface area contributed by atoms with Gasteiger partial charge in [0, 0.05) is 31.9 Å². The van der Waals surface area contributed by atoms with Gasteiger partial charge < -0.3 is 9.80 Å². The van der Waals surface area contributed by atoms with Gasteiger partial charge in [0.05, 0.1) is 10.7 Å². The molecule has 7 heteroatoms. The Kier molecular flexibility index (Phi) is 4.29. The highest BCUT2D eigenvalue weighted by molar-refractivity contribution is 6.31. The van der Waals surface area contributed by atoms with Crippen LogP contribution in [0, 0.1) is 5.82 Å². The quantitative estimate of drug-likeness (QED) is 0.826. The molecule has 0 saturated carbocycles. The Bertz CT molecular complexity index is 821. The molecule has 0 unspecified atom stereocenters. The van der Waals surface area contributed by atoms with Crippen molar-refractivity contribution in [1.82, 2.24) is 15.1 Å². The van der Waals surface area contributed by atoms with Crippen molar-refractivity contribution in [3.63, 3.8) is 0 Å². The Morgan fingerprint density at radius 2 is 1.88 bits per heavy atom. The number of anilines is 1. The number of carbonyl (C=O) groups is 1. The van der Waals surface area contributed by atoms with Crippen LogP contribution in [0.3, 0.4) is 0 Å². The Balaban J connectivity index is 1.43. The highest BCUT2D eigenvalue weighted by Crippen LogP contribution is 2.24.